The summed E-state index contributed by atoms with van der Waals surface area (Å²) in [6.45, 7) is 0.558. The van der Waals surface area contributed by atoms with E-state index >= 15 is 0 Å². The average molecular weight is 380 g/mol. The molecule has 3 aromatic rings. The highest BCUT2D eigenvalue weighted by Crippen LogP contribution is 2.25. The van der Waals surface area contributed by atoms with E-state index in [1.165, 1.54) is 7.11 Å². The summed E-state index contributed by atoms with van der Waals surface area (Å²) in [5.41, 5.74) is 2.22. The van der Waals surface area contributed by atoms with Gasteiger partial charge in [-0.3, -0.25) is 4.68 Å². The highest BCUT2D eigenvalue weighted by atomic mass is 79.9. The predicted octanol–water partition coefficient (Wildman–Crippen LogP) is 4.29. The first kappa shape index (κ1) is 15.1. The topological polar surface area (TPSA) is 44.1 Å². The summed E-state index contributed by atoms with van der Waals surface area (Å²) >= 11 is 9.47. The van der Waals surface area contributed by atoms with Gasteiger partial charge in [0.25, 0.3) is 0 Å². The van der Waals surface area contributed by atoms with Crippen LogP contribution in [0.5, 0.6) is 0 Å². The predicted molar refractivity (Wildman–Crippen MR) is 89.3 cm³/mol. The van der Waals surface area contributed by atoms with E-state index in [2.05, 4.69) is 21.0 Å². The summed E-state index contributed by atoms with van der Waals surface area (Å²) in [4.78, 5) is 12.0. The molecular weight excluding hydrogens is 368 g/mol. The van der Waals surface area contributed by atoms with Gasteiger partial charge in [0, 0.05) is 14.9 Å². The number of nitrogens with zero attached hydrogens (tertiary/aromatic N) is 2. The van der Waals surface area contributed by atoms with Crippen molar-refractivity contribution in [3.8, 4) is 0 Å². The molecule has 3 rings (SSSR count). The van der Waals surface area contributed by atoms with Crippen LogP contribution in [0.2, 0.25) is 5.02 Å². The van der Waals surface area contributed by atoms with Gasteiger partial charge in [-0.05, 0) is 29.8 Å². The van der Waals surface area contributed by atoms with Gasteiger partial charge in [-0.15, -0.1) is 0 Å². The lowest BCUT2D eigenvalue weighted by atomic mass is 10.1. The van der Waals surface area contributed by atoms with Gasteiger partial charge >= 0.3 is 5.97 Å². The van der Waals surface area contributed by atoms with Crippen LogP contribution in [-0.4, -0.2) is 22.9 Å². The number of hydrogen-bond donors (Lipinski definition) is 0. The Morgan fingerprint density at radius 2 is 2.05 bits per heavy atom. The van der Waals surface area contributed by atoms with E-state index in [0.29, 0.717) is 17.1 Å². The molecule has 0 amide bonds. The summed E-state index contributed by atoms with van der Waals surface area (Å²) in [6.07, 6.45) is 1.70. The van der Waals surface area contributed by atoms with Gasteiger partial charge < -0.3 is 4.74 Å². The second-order valence-electron chi connectivity index (χ2n) is 4.81. The van der Waals surface area contributed by atoms with Crippen LogP contribution in [-0.2, 0) is 11.3 Å². The van der Waals surface area contributed by atoms with Crippen molar-refractivity contribution in [2.45, 2.75) is 6.54 Å². The number of benzene rings is 2. The maximum absolute atomic E-state index is 12.0. The number of ether oxygens (including phenoxy) is 1. The fourth-order valence-corrected chi connectivity index (χ4v) is 2.84. The Labute approximate surface area is 140 Å². The monoisotopic (exact) mass is 378 g/mol. The van der Waals surface area contributed by atoms with Crippen LogP contribution in [0.25, 0.3) is 10.9 Å². The zero-order chi connectivity index (χ0) is 15.7. The zero-order valence-corrected chi connectivity index (χ0v) is 14.1. The second-order valence-corrected chi connectivity index (χ2v) is 6.16. The van der Waals surface area contributed by atoms with Crippen molar-refractivity contribution in [2.75, 3.05) is 7.11 Å². The third kappa shape index (κ3) is 2.87. The lowest BCUT2D eigenvalue weighted by Crippen LogP contribution is -2.08. The van der Waals surface area contributed by atoms with Crippen molar-refractivity contribution >= 4 is 44.4 Å². The molecule has 6 heteroatoms. The number of rotatable bonds is 3. The summed E-state index contributed by atoms with van der Waals surface area (Å²) in [5.74, 6) is -0.426. The third-order valence-corrected chi connectivity index (χ3v) is 4.10. The van der Waals surface area contributed by atoms with E-state index in [9.17, 15) is 4.79 Å². The molecule has 1 aromatic heterocycles. The number of hydrogen-bond acceptors (Lipinski definition) is 3. The molecule has 0 fully saturated rings. The van der Waals surface area contributed by atoms with E-state index in [1.807, 2.05) is 24.3 Å². The van der Waals surface area contributed by atoms with Gasteiger partial charge in [-0.1, -0.05) is 39.7 Å². The van der Waals surface area contributed by atoms with Crippen molar-refractivity contribution in [1.82, 2.24) is 9.78 Å². The van der Waals surface area contributed by atoms with Gasteiger partial charge in [0.15, 0.2) is 0 Å². The number of methoxy groups -OCH3 is 1. The Morgan fingerprint density at radius 3 is 2.73 bits per heavy atom. The van der Waals surface area contributed by atoms with Crippen LogP contribution >= 0.6 is 27.5 Å². The van der Waals surface area contributed by atoms with Crippen LogP contribution in [0.1, 0.15) is 15.9 Å². The van der Waals surface area contributed by atoms with Crippen LogP contribution in [0.15, 0.2) is 47.1 Å². The first-order valence-electron chi connectivity index (χ1n) is 6.56. The Morgan fingerprint density at radius 1 is 1.32 bits per heavy atom. The SMILES string of the molecule is COC(=O)c1cc(Cl)cc2cnn(Cc3ccc(Br)cc3)c12. The van der Waals surface area contributed by atoms with Crippen molar-refractivity contribution in [1.29, 1.82) is 0 Å². The molecule has 2 aromatic carbocycles. The molecule has 0 saturated carbocycles. The standard InChI is InChI=1S/C16H12BrClN2O2/c1-22-16(21)14-7-13(18)6-11-8-19-20(15(11)14)9-10-2-4-12(17)5-3-10/h2-8H,9H2,1H3. The molecule has 1 heterocycles. The quantitative estimate of drug-likeness (QED) is 0.638. The van der Waals surface area contributed by atoms with Gasteiger partial charge in [-0.25, -0.2) is 4.79 Å². The third-order valence-electron chi connectivity index (χ3n) is 3.35. The Bertz CT molecular complexity index is 843. The molecule has 0 saturated heterocycles. The Balaban J connectivity index is 2.10. The maximum atomic E-state index is 12.0. The lowest BCUT2D eigenvalue weighted by molar-refractivity contribution is 0.0602. The van der Waals surface area contributed by atoms with Crippen LogP contribution in [0.3, 0.4) is 0 Å². The normalized spacial score (nSPS) is 10.9. The molecule has 4 nitrogen and oxygen atoms in total. The summed E-state index contributed by atoms with van der Waals surface area (Å²) in [7, 11) is 1.35. The number of aromatic nitrogens is 2. The number of halogens is 2. The van der Waals surface area contributed by atoms with E-state index < -0.39 is 5.97 Å². The van der Waals surface area contributed by atoms with Crippen molar-refractivity contribution < 1.29 is 9.53 Å². The van der Waals surface area contributed by atoms with E-state index in [1.54, 1.807) is 23.0 Å². The van der Waals surface area contributed by atoms with Crippen LogP contribution in [0.4, 0.5) is 0 Å². The number of esters is 1. The molecule has 0 bridgehead atoms. The number of fused-ring (bicyclic) bond motifs is 1. The van der Waals surface area contributed by atoms with Crippen molar-refractivity contribution in [2.24, 2.45) is 0 Å². The molecule has 0 spiro atoms. The van der Waals surface area contributed by atoms with Crippen molar-refractivity contribution in [3.63, 3.8) is 0 Å². The molecule has 0 N–H and O–H groups in total. The lowest BCUT2D eigenvalue weighted by Gasteiger charge is -2.08. The first-order chi connectivity index (χ1) is 10.6. The van der Waals surface area contributed by atoms with Gasteiger partial charge in [0.2, 0.25) is 0 Å². The number of carbonyl (C=O) groups excluding carboxylic acids is 1. The summed E-state index contributed by atoms with van der Waals surface area (Å²) < 4.78 is 7.64. The molecule has 0 aliphatic carbocycles. The molecule has 0 radical (unpaired) electrons. The fraction of sp³-hybridized carbons (Fsp3) is 0.125. The minimum Gasteiger partial charge on any atom is -0.465 e. The van der Waals surface area contributed by atoms with Gasteiger partial charge in [-0.2, -0.15) is 5.10 Å². The second kappa shape index (κ2) is 6.10. The smallest absolute Gasteiger partial charge is 0.340 e. The summed E-state index contributed by atoms with van der Waals surface area (Å²) in [6, 6.07) is 11.3. The zero-order valence-electron chi connectivity index (χ0n) is 11.7. The molecular formula is C16H12BrClN2O2. The average Bonchev–Trinajstić information content (AvgIpc) is 2.90. The minimum absolute atomic E-state index is 0.416. The largest absolute Gasteiger partial charge is 0.465 e. The van der Waals surface area contributed by atoms with Crippen molar-refractivity contribution in [3.05, 3.63) is 63.2 Å². The highest BCUT2D eigenvalue weighted by molar-refractivity contribution is 9.10. The van der Waals surface area contributed by atoms with E-state index in [-0.39, 0.29) is 0 Å². The molecule has 112 valence electrons. The minimum atomic E-state index is -0.426. The fourth-order valence-electron chi connectivity index (χ4n) is 2.34. The molecule has 0 aliphatic heterocycles. The first-order valence-corrected chi connectivity index (χ1v) is 7.73. The van der Waals surface area contributed by atoms with E-state index in [0.717, 1.165) is 20.9 Å². The molecule has 22 heavy (non-hydrogen) atoms. The van der Waals surface area contributed by atoms with Gasteiger partial charge in [0.05, 0.1) is 30.9 Å². The Hall–Kier alpha value is -1.85. The molecule has 0 unspecified atom stereocenters. The molecule has 0 aliphatic rings. The maximum Gasteiger partial charge on any atom is 0.340 e. The number of carbonyl (C=O) groups is 1. The van der Waals surface area contributed by atoms with Crippen LogP contribution < -0.4 is 0 Å². The summed E-state index contributed by atoms with van der Waals surface area (Å²) in [5, 5.41) is 5.66. The Kier molecular flexibility index (Phi) is 4.18. The van der Waals surface area contributed by atoms with Crippen LogP contribution in [0, 0.1) is 0 Å². The van der Waals surface area contributed by atoms with E-state index in [4.69, 9.17) is 16.3 Å². The molecule has 0 atom stereocenters. The van der Waals surface area contributed by atoms with Gasteiger partial charge in [0.1, 0.15) is 0 Å². The highest BCUT2D eigenvalue weighted by Gasteiger charge is 2.16.